The molecule has 4 heteroatoms. The topological polar surface area (TPSA) is 52.6 Å². The van der Waals surface area contributed by atoms with E-state index < -0.39 is 11.9 Å². The number of Topliss-reactive ketones (excluding diaryl/α,β-unsaturated/α-hetero) is 1. The van der Waals surface area contributed by atoms with Crippen molar-refractivity contribution >= 4 is 17.8 Å². The number of allylic oxidation sites excluding steroid dienone is 1. The molecule has 2 aliphatic rings. The monoisotopic (exact) mass is 300 g/mol. The SMILES string of the molecule is COC(=O)[C@H]1C(=O)CC[C@@H]1C1=Cc2ccc(OC)cc2CC1. The lowest BCUT2D eigenvalue weighted by atomic mass is 9.80. The van der Waals surface area contributed by atoms with Crippen LogP contribution >= 0.6 is 0 Å². The van der Waals surface area contributed by atoms with Crippen molar-refractivity contribution in [1.29, 1.82) is 0 Å². The molecule has 0 bridgehead atoms. The summed E-state index contributed by atoms with van der Waals surface area (Å²) in [4.78, 5) is 23.9. The third-order valence-electron chi connectivity index (χ3n) is 4.76. The Morgan fingerprint density at radius 1 is 1.18 bits per heavy atom. The Morgan fingerprint density at radius 3 is 2.73 bits per heavy atom. The first kappa shape index (κ1) is 14.8. The summed E-state index contributed by atoms with van der Waals surface area (Å²) in [5, 5.41) is 0. The minimum Gasteiger partial charge on any atom is -0.497 e. The van der Waals surface area contributed by atoms with Gasteiger partial charge in [-0.2, -0.15) is 0 Å². The van der Waals surface area contributed by atoms with Crippen molar-refractivity contribution in [2.75, 3.05) is 14.2 Å². The lowest BCUT2D eigenvalue weighted by Gasteiger charge is -2.24. The van der Waals surface area contributed by atoms with Gasteiger partial charge in [0.1, 0.15) is 17.5 Å². The summed E-state index contributed by atoms with van der Waals surface area (Å²) < 4.78 is 10.1. The Hall–Kier alpha value is -2.10. The van der Waals surface area contributed by atoms with Crippen molar-refractivity contribution < 1.29 is 19.1 Å². The molecule has 116 valence electrons. The van der Waals surface area contributed by atoms with Crippen molar-refractivity contribution in [3.63, 3.8) is 0 Å². The number of rotatable bonds is 3. The summed E-state index contributed by atoms with van der Waals surface area (Å²) in [6.45, 7) is 0. The molecule has 1 aromatic carbocycles. The van der Waals surface area contributed by atoms with Crippen LogP contribution < -0.4 is 4.74 Å². The number of fused-ring (bicyclic) bond motifs is 1. The van der Waals surface area contributed by atoms with Crippen LogP contribution in [-0.4, -0.2) is 26.0 Å². The van der Waals surface area contributed by atoms with Gasteiger partial charge < -0.3 is 9.47 Å². The zero-order chi connectivity index (χ0) is 15.7. The van der Waals surface area contributed by atoms with Gasteiger partial charge in [-0.1, -0.05) is 17.7 Å². The molecular weight excluding hydrogens is 280 g/mol. The van der Waals surface area contributed by atoms with Gasteiger partial charge in [-0.3, -0.25) is 9.59 Å². The molecule has 0 saturated heterocycles. The first-order valence-electron chi connectivity index (χ1n) is 7.62. The lowest BCUT2D eigenvalue weighted by molar-refractivity contribution is -0.149. The van der Waals surface area contributed by atoms with E-state index in [4.69, 9.17) is 9.47 Å². The van der Waals surface area contributed by atoms with E-state index in [1.165, 1.54) is 18.2 Å². The molecule has 0 heterocycles. The maximum Gasteiger partial charge on any atom is 0.316 e. The lowest BCUT2D eigenvalue weighted by Crippen LogP contribution is -2.27. The second kappa shape index (κ2) is 5.95. The fourth-order valence-electron chi connectivity index (χ4n) is 3.58. The Bertz CT molecular complexity index is 644. The van der Waals surface area contributed by atoms with E-state index in [0.29, 0.717) is 6.42 Å². The number of ether oxygens (including phenoxy) is 2. The predicted molar refractivity (Wildman–Crippen MR) is 82.5 cm³/mol. The van der Waals surface area contributed by atoms with Gasteiger partial charge in [0, 0.05) is 12.3 Å². The van der Waals surface area contributed by atoms with Crippen LogP contribution in [0.4, 0.5) is 0 Å². The highest BCUT2D eigenvalue weighted by Crippen LogP contribution is 2.40. The number of esters is 1. The van der Waals surface area contributed by atoms with Gasteiger partial charge in [0.2, 0.25) is 0 Å². The summed E-state index contributed by atoms with van der Waals surface area (Å²) in [6, 6.07) is 6.04. The average Bonchev–Trinajstić information content (AvgIpc) is 2.94. The molecule has 1 fully saturated rings. The van der Waals surface area contributed by atoms with Gasteiger partial charge in [-0.15, -0.1) is 0 Å². The fourth-order valence-corrected chi connectivity index (χ4v) is 3.58. The number of aryl methyl sites for hydroxylation is 1. The summed E-state index contributed by atoms with van der Waals surface area (Å²) in [6.07, 6.45) is 5.15. The molecule has 0 N–H and O–H groups in total. The van der Waals surface area contributed by atoms with E-state index in [2.05, 4.69) is 12.1 Å². The Balaban J connectivity index is 1.90. The van der Waals surface area contributed by atoms with Gasteiger partial charge >= 0.3 is 5.97 Å². The molecule has 1 aromatic rings. The molecule has 0 unspecified atom stereocenters. The maximum absolute atomic E-state index is 12.0. The predicted octanol–water partition coefficient (Wildman–Crippen LogP) is 2.79. The number of carbonyl (C=O) groups excluding carboxylic acids is 2. The highest BCUT2D eigenvalue weighted by Gasteiger charge is 2.42. The van der Waals surface area contributed by atoms with E-state index in [9.17, 15) is 9.59 Å². The zero-order valence-electron chi connectivity index (χ0n) is 12.9. The van der Waals surface area contributed by atoms with Crippen molar-refractivity contribution in [3.05, 3.63) is 34.9 Å². The number of methoxy groups -OCH3 is 2. The molecule has 0 spiro atoms. The van der Waals surface area contributed by atoms with E-state index >= 15 is 0 Å². The second-order valence-corrected chi connectivity index (χ2v) is 5.90. The van der Waals surface area contributed by atoms with Gasteiger partial charge in [0.05, 0.1) is 14.2 Å². The number of ketones is 1. The highest BCUT2D eigenvalue weighted by atomic mass is 16.5. The van der Waals surface area contributed by atoms with Crippen LogP contribution in [0, 0.1) is 11.8 Å². The van der Waals surface area contributed by atoms with Crippen LogP contribution in [0.2, 0.25) is 0 Å². The molecule has 0 radical (unpaired) electrons. The number of hydrogen-bond donors (Lipinski definition) is 0. The minimum absolute atomic E-state index is 0.00444. The molecule has 1 saturated carbocycles. The van der Waals surface area contributed by atoms with Crippen molar-refractivity contribution in [1.82, 2.24) is 0 Å². The molecule has 3 rings (SSSR count). The van der Waals surface area contributed by atoms with Crippen molar-refractivity contribution in [2.45, 2.75) is 25.7 Å². The van der Waals surface area contributed by atoms with Crippen LogP contribution in [0.3, 0.4) is 0 Å². The number of hydrogen-bond acceptors (Lipinski definition) is 4. The molecule has 0 amide bonds. The van der Waals surface area contributed by atoms with Crippen LogP contribution in [0.5, 0.6) is 5.75 Å². The maximum atomic E-state index is 12.0. The first-order valence-corrected chi connectivity index (χ1v) is 7.62. The van der Waals surface area contributed by atoms with Crippen LogP contribution in [0.25, 0.3) is 6.08 Å². The standard InChI is InChI=1S/C18H20O4/c1-21-14-6-5-11-9-13(4-3-12(11)10-14)15-7-8-16(19)17(15)18(20)22-2/h5-6,9-10,15,17H,3-4,7-8H2,1-2H3/t15-,17-/m1/s1. The van der Waals surface area contributed by atoms with Crippen LogP contribution in [-0.2, 0) is 20.7 Å². The van der Waals surface area contributed by atoms with E-state index in [1.54, 1.807) is 7.11 Å². The summed E-state index contributed by atoms with van der Waals surface area (Å²) >= 11 is 0. The van der Waals surface area contributed by atoms with Crippen LogP contribution in [0.15, 0.2) is 23.8 Å². The molecule has 4 nitrogen and oxygen atoms in total. The van der Waals surface area contributed by atoms with E-state index in [-0.39, 0.29) is 11.7 Å². The fraction of sp³-hybridized carbons (Fsp3) is 0.444. The third-order valence-corrected chi connectivity index (χ3v) is 4.76. The summed E-state index contributed by atoms with van der Waals surface area (Å²) in [5.41, 5.74) is 3.60. The normalized spacial score (nSPS) is 23.7. The van der Waals surface area contributed by atoms with Gasteiger partial charge in [0.25, 0.3) is 0 Å². The van der Waals surface area contributed by atoms with Gasteiger partial charge in [-0.25, -0.2) is 0 Å². The largest absolute Gasteiger partial charge is 0.497 e. The molecule has 2 atom stereocenters. The molecule has 0 aromatic heterocycles. The minimum atomic E-state index is -0.615. The Morgan fingerprint density at radius 2 is 2.00 bits per heavy atom. The van der Waals surface area contributed by atoms with E-state index in [0.717, 1.165) is 30.6 Å². The summed E-state index contributed by atoms with van der Waals surface area (Å²) in [7, 11) is 3.01. The van der Waals surface area contributed by atoms with Gasteiger partial charge in [-0.05, 0) is 42.5 Å². The van der Waals surface area contributed by atoms with Crippen LogP contribution in [0.1, 0.15) is 30.4 Å². The number of benzene rings is 1. The smallest absolute Gasteiger partial charge is 0.316 e. The Kier molecular flexibility index (Phi) is 4.01. The molecule has 0 aliphatic heterocycles. The second-order valence-electron chi connectivity index (χ2n) is 5.90. The quantitative estimate of drug-likeness (QED) is 0.636. The van der Waals surface area contributed by atoms with Crippen molar-refractivity contribution in [2.24, 2.45) is 11.8 Å². The van der Waals surface area contributed by atoms with Gasteiger partial charge in [0.15, 0.2) is 0 Å². The average molecular weight is 300 g/mol. The molecule has 22 heavy (non-hydrogen) atoms. The van der Waals surface area contributed by atoms with E-state index in [1.807, 2.05) is 12.1 Å². The number of carbonyl (C=O) groups is 2. The highest BCUT2D eigenvalue weighted by molar-refractivity contribution is 6.01. The zero-order valence-corrected chi connectivity index (χ0v) is 12.9. The molecule has 2 aliphatic carbocycles. The van der Waals surface area contributed by atoms with Crippen molar-refractivity contribution in [3.8, 4) is 5.75 Å². The first-order chi connectivity index (χ1) is 10.6. The third kappa shape index (κ3) is 2.54. The molecular formula is C18H20O4. The summed E-state index contributed by atoms with van der Waals surface area (Å²) in [5.74, 6) is -0.141. The Labute approximate surface area is 130 Å².